The predicted octanol–water partition coefficient (Wildman–Crippen LogP) is 2.93. The van der Waals surface area contributed by atoms with Crippen molar-refractivity contribution in [1.82, 2.24) is 0 Å². The molecular formula is C14H11ClN2O4. The normalized spacial score (nSPS) is 10.1. The van der Waals surface area contributed by atoms with Crippen molar-refractivity contribution in [3.05, 3.63) is 68.7 Å². The molecule has 0 atom stereocenters. The van der Waals surface area contributed by atoms with Gasteiger partial charge in [-0.05, 0) is 12.1 Å². The first-order valence-corrected chi connectivity index (χ1v) is 6.31. The van der Waals surface area contributed by atoms with Crippen LogP contribution < -0.4 is 10.5 Å². The van der Waals surface area contributed by atoms with Crippen LogP contribution in [0.3, 0.4) is 0 Å². The Hall–Kier alpha value is -2.60. The van der Waals surface area contributed by atoms with Gasteiger partial charge < -0.3 is 10.5 Å². The summed E-state index contributed by atoms with van der Waals surface area (Å²) in [5.74, 6) is -0.180. The SMILES string of the molecule is NC(=O)c1ccccc1COc1ccc([N+](=O)[O-])c(Cl)c1. The number of hydrogen-bond acceptors (Lipinski definition) is 4. The van der Waals surface area contributed by atoms with Crippen molar-refractivity contribution in [3.8, 4) is 5.75 Å². The van der Waals surface area contributed by atoms with Crippen molar-refractivity contribution < 1.29 is 14.5 Å². The third-order valence-corrected chi connectivity index (χ3v) is 3.10. The fourth-order valence-corrected chi connectivity index (χ4v) is 2.01. The number of rotatable bonds is 5. The average molecular weight is 307 g/mol. The van der Waals surface area contributed by atoms with E-state index in [0.29, 0.717) is 16.9 Å². The fraction of sp³-hybridized carbons (Fsp3) is 0.0714. The highest BCUT2D eigenvalue weighted by Crippen LogP contribution is 2.28. The minimum absolute atomic E-state index is 0.0133. The third-order valence-electron chi connectivity index (χ3n) is 2.79. The van der Waals surface area contributed by atoms with Gasteiger partial charge in [-0.15, -0.1) is 0 Å². The molecule has 21 heavy (non-hydrogen) atoms. The first-order valence-electron chi connectivity index (χ1n) is 5.93. The Bertz CT molecular complexity index is 703. The van der Waals surface area contributed by atoms with E-state index in [2.05, 4.69) is 0 Å². The van der Waals surface area contributed by atoms with Crippen molar-refractivity contribution in [2.24, 2.45) is 5.73 Å². The molecule has 0 unspecified atom stereocenters. The lowest BCUT2D eigenvalue weighted by molar-refractivity contribution is -0.384. The van der Waals surface area contributed by atoms with Gasteiger partial charge in [0, 0.05) is 23.3 Å². The molecule has 0 saturated heterocycles. The molecule has 0 aromatic heterocycles. The van der Waals surface area contributed by atoms with E-state index in [9.17, 15) is 14.9 Å². The number of primary amides is 1. The second kappa shape index (κ2) is 6.23. The summed E-state index contributed by atoms with van der Waals surface area (Å²) in [6.07, 6.45) is 0. The highest BCUT2D eigenvalue weighted by atomic mass is 35.5. The second-order valence-corrected chi connectivity index (χ2v) is 4.59. The van der Waals surface area contributed by atoms with Crippen LogP contribution in [0.5, 0.6) is 5.75 Å². The largest absolute Gasteiger partial charge is 0.489 e. The molecule has 6 nitrogen and oxygen atoms in total. The van der Waals surface area contributed by atoms with Crippen molar-refractivity contribution in [2.45, 2.75) is 6.61 Å². The van der Waals surface area contributed by atoms with Gasteiger partial charge in [0.15, 0.2) is 0 Å². The molecule has 2 aromatic carbocycles. The Kier molecular flexibility index (Phi) is 4.39. The Balaban J connectivity index is 2.16. The zero-order valence-electron chi connectivity index (χ0n) is 10.8. The Labute approximate surface area is 125 Å². The van der Waals surface area contributed by atoms with Gasteiger partial charge in [-0.25, -0.2) is 0 Å². The number of halogens is 1. The van der Waals surface area contributed by atoms with E-state index in [1.165, 1.54) is 18.2 Å². The van der Waals surface area contributed by atoms with E-state index < -0.39 is 10.8 Å². The van der Waals surface area contributed by atoms with Gasteiger partial charge >= 0.3 is 0 Å². The lowest BCUT2D eigenvalue weighted by Crippen LogP contribution is -2.14. The quantitative estimate of drug-likeness (QED) is 0.678. The first-order chi connectivity index (χ1) is 9.99. The average Bonchev–Trinajstić information content (AvgIpc) is 2.45. The molecule has 0 aliphatic heterocycles. The van der Waals surface area contributed by atoms with Gasteiger partial charge in [0.05, 0.1) is 4.92 Å². The zero-order chi connectivity index (χ0) is 15.4. The van der Waals surface area contributed by atoms with Crippen molar-refractivity contribution in [3.63, 3.8) is 0 Å². The van der Waals surface area contributed by atoms with Gasteiger partial charge in [-0.3, -0.25) is 14.9 Å². The predicted molar refractivity (Wildman–Crippen MR) is 77.4 cm³/mol. The molecule has 2 aromatic rings. The van der Waals surface area contributed by atoms with Crippen molar-refractivity contribution in [1.29, 1.82) is 0 Å². The Morgan fingerprint density at radius 2 is 2.00 bits per heavy atom. The molecule has 0 heterocycles. The lowest BCUT2D eigenvalue weighted by Gasteiger charge is -2.09. The molecule has 0 aliphatic rings. The summed E-state index contributed by atoms with van der Waals surface area (Å²) in [7, 11) is 0. The molecule has 7 heteroatoms. The molecule has 1 amide bonds. The molecule has 0 radical (unpaired) electrons. The van der Waals surface area contributed by atoms with Crippen LogP contribution in [-0.2, 0) is 6.61 Å². The molecular weight excluding hydrogens is 296 g/mol. The number of carbonyl (C=O) groups is 1. The number of ether oxygens (including phenoxy) is 1. The number of carbonyl (C=O) groups excluding carboxylic acids is 1. The van der Waals surface area contributed by atoms with Crippen LogP contribution in [0.4, 0.5) is 5.69 Å². The maximum absolute atomic E-state index is 11.3. The van der Waals surface area contributed by atoms with Crippen LogP contribution in [-0.4, -0.2) is 10.8 Å². The molecule has 0 aliphatic carbocycles. The highest BCUT2D eigenvalue weighted by Gasteiger charge is 2.13. The molecule has 0 saturated carbocycles. The molecule has 2 N–H and O–H groups in total. The Morgan fingerprint density at radius 1 is 1.29 bits per heavy atom. The summed E-state index contributed by atoms with van der Waals surface area (Å²) >= 11 is 5.79. The molecule has 0 bridgehead atoms. The summed E-state index contributed by atoms with van der Waals surface area (Å²) in [5.41, 5.74) is 6.07. The summed E-state index contributed by atoms with van der Waals surface area (Å²) < 4.78 is 5.48. The van der Waals surface area contributed by atoms with Crippen LogP contribution in [0, 0.1) is 10.1 Å². The van der Waals surface area contributed by atoms with Gasteiger partial charge in [-0.2, -0.15) is 0 Å². The number of nitro benzene ring substituents is 1. The number of nitrogens with two attached hydrogens (primary N) is 1. The number of nitrogens with zero attached hydrogens (tertiary/aromatic N) is 1. The van der Waals surface area contributed by atoms with Crippen LogP contribution >= 0.6 is 11.6 Å². The van der Waals surface area contributed by atoms with Crippen molar-refractivity contribution >= 4 is 23.2 Å². The van der Waals surface area contributed by atoms with Crippen LogP contribution in [0.1, 0.15) is 15.9 Å². The van der Waals surface area contributed by atoms with Gasteiger partial charge in [-0.1, -0.05) is 29.8 Å². The summed E-state index contributed by atoms with van der Waals surface area (Å²) in [4.78, 5) is 21.4. The van der Waals surface area contributed by atoms with Crippen LogP contribution in [0.15, 0.2) is 42.5 Å². The van der Waals surface area contributed by atoms with Gasteiger partial charge in [0.2, 0.25) is 5.91 Å². The molecule has 0 spiro atoms. The number of amides is 1. The fourth-order valence-electron chi connectivity index (χ4n) is 1.77. The zero-order valence-corrected chi connectivity index (χ0v) is 11.5. The van der Waals surface area contributed by atoms with Crippen molar-refractivity contribution in [2.75, 3.05) is 0 Å². The van der Waals surface area contributed by atoms with E-state index >= 15 is 0 Å². The Morgan fingerprint density at radius 3 is 2.62 bits per heavy atom. The van der Waals surface area contributed by atoms with Crippen LogP contribution in [0.25, 0.3) is 0 Å². The topological polar surface area (TPSA) is 95.5 Å². The maximum Gasteiger partial charge on any atom is 0.288 e. The number of hydrogen-bond donors (Lipinski definition) is 1. The summed E-state index contributed by atoms with van der Waals surface area (Å²) in [5, 5.41) is 10.6. The van der Waals surface area contributed by atoms with E-state index in [4.69, 9.17) is 22.1 Å². The summed E-state index contributed by atoms with van der Waals surface area (Å²) in [6.45, 7) is 0.104. The van der Waals surface area contributed by atoms with Crippen LogP contribution in [0.2, 0.25) is 5.02 Å². The van der Waals surface area contributed by atoms with E-state index in [1.54, 1.807) is 24.3 Å². The first kappa shape index (κ1) is 14.8. The lowest BCUT2D eigenvalue weighted by atomic mass is 10.1. The number of nitro groups is 1. The van der Waals surface area contributed by atoms with E-state index in [0.717, 1.165) is 0 Å². The smallest absolute Gasteiger partial charge is 0.288 e. The minimum atomic E-state index is -0.575. The third kappa shape index (κ3) is 3.49. The number of benzene rings is 2. The highest BCUT2D eigenvalue weighted by molar-refractivity contribution is 6.32. The monoisotopic (exact) mass is 306 g/mol. The second-order valence-electron chi connectivity index (χ2n) is 4.18. The summed E-state index contributed by atoms with van der Waals surface area (Å²) in [6, 6.07) is 10.8. The molecule has 0 fully saturated rings. The minimum Gasteiger partial charge on any atom is -0.489 e. The van der Waals surface area contributed by atoms with E-state index in [1.807, 2.05) is 0 Å². The maximum atomic E-state index is 11.3. The standard InChI is InChI=1S/C14H11ClN2O4/c15-12-7-10(5-6-13(12)17(19)20)21-8-9-3-1-2-4-11(9)14(16)18/h1-7H,8H2,(H2,16,18). The molecule has 2 rings (SSSR count). The van der Waals surface area contributed by atoms with Gasteiger partial charge in [0.1, 0.15) is 17.4 Å². The van der Waals surface area contributed by atoms with Gasteiger partial charge in [0.25, 0.3) is 5.69 Å². The van der Waals surface area contributed by atoms with E-state index in [-0.39, 0.29) is 17.3 Å². The molecule has 108 valence electrons.